The molecule has 1 saturated heterocycles. The molecule has 8 nitrogen and oxygen atoms in total. The molecule has 47 heavy (non-hydrogen) atoms. The van der Waals surface area contributed by atoms with E-state index in [9.17, 15) is 25.3 Å². The Balaban J connectivity index is 1.66. The molecule has 2 atom stereocenters. The average molecular weight is 695 g/mol. The quantitative estimate of drug-likeness (QED) is 0.175. The van der Waals surface area contributed by atoms with Crippen LogP contribution < -0.4 is 0 Å². The first kappa shape index (κ1) is 35.0. The summed E-state index contributed by atoms with van der Waals surface area (Å²) in [6.45, 7) is 7.78. The second-order valence-electron chi connectivity index (χ2n) is 12.7. The van der Waals surface area contributed by atoms with Crippen LogP contribution in [0.5, 0.6) is 0 Å². The number of benzene rings is 4. The molecule has 11 heteroatoms. The van der Waals surface area contributed by atoms with Crippen molar-refractivity contribution in [2.24, 2.45) is 0 Å². The van der Waals surface area contributed by atoms with Crippen LogP contribution in [0.2, 0.25) is 0 Å². The van der Waals surface area contributed by atoms with E-state index in [1.54, 1.807) is 72.8 Å². The number of hydrogen-bond acceptors (Lipinski definition) is 6. The van der Waals surface area contributed by atoms with E-state index in [4.69, 9.17) is 0 Å². The molecule has 0 aliphatic carbocycles. The molecule has 0 aromatic heterocycles. The van der Waals surface area contributed by atoms with Gasteiger partial charge in [0.1, 0.15) is 0 Å². The van der Waals surface area contributed by atoms with Crippen LogP contribution in [-0.4, -0.2) is 57.5 Å². The Hall–Kier alpha value is -3.35. The predicted molar refractivity (Wildman–Crippen MR) is 186 cm³/mol. The van der Waals surface area contributed by atoms with Crippen LogP contribution in [0.1, 0.15) is 61.8 Å². The fourth-order valence-corrected chi connectivity index (χ4v) is 11.4. The van der Waals surface area contributed by atoms with Gasteiger partial charge in [0.15, 0.2) is 9.84 Å². The van der Waals surface area contributed by atoms with E-state index < -0.39 is 53.5 Å². The lowest BCUT2D eigenvalue weighted by Gasteiger charge is -2.37. The Morgan fingerprint density at radius 2 is 0.872 bits per heavy atom. The molecule has 1 heterocycles. The van der Waals surface area contributed by atoms with E-state index in [-0.39, 0.29) is 34.7 Å². The number of sulfonamides is 2. The van der Waals surface area contributed by atoms with Crippen molar-refractivity contribution in [2.45, 2.75) is 74.5 Å². The molecule has 0 spiro atoms. The van der Waals surface area contributed by atoms with E-state index in [2.05, 4.69) is 0 Å². The summed E-state index contributed by atoms with van der Waals surface area (Å²) in [6, 6.07) is 28.7. The molecular weight excluding hydrogens is 653 g/mol. The number of rotatable bonds is 12. The van der Waals surface area contributed by atoms with Gasteiger partial charge in [-0.3, -0.25) is 0 Å². The van der Waals surface area contributed by atoms with Gasteiger partial charge in [-0.15, -0.1) is 0 Å². The van der Waals surface area contributed by atoms with E-state index >= 15 is 0 Å². The molecule has 0 bridgehead atoms. The van der Waals surface area contributed by atoms with Crippen molar-refractivity contribution >= 4 is 29.9 Å². The van der Waals surface area contributed by atoms with Crippen molar-refractivity contribution in [3.8, 4) is 0 Å². The zero-order valence-corrected chi connectivity index (χ0v) is 29.5. The number of nitrogens with zero attached hydrogens (tertiary/aromatic N) is 2. The van der Waals surface area contributed by atoms with Crippen molar-refractivity contribution in [2.75, 3.05) is 11.5 Å². The summed E-state index contributed by atoms with van der Waals surface area (Å²) in [6.07, 6.45) is 0. The third-order valence-electron chi connectivity index (χ3n) is 8.70. The van der Waals surface area contributed by atoms with Crippen LogP contribution >= 0.6 is 0 Å². The topological polar surface area (TPSA) is 109 Å². The maximum atomic E-state index is 14.5. The standard InChI is InChI=1S/C36H42N2O6S3/c1-27(2)31-15-19-33(20-16-31)46(41,42)37(23-29-11-7-5-8-12-29)35-25-45(39,40)26-36(35)38(24-30-13-9-6-10-14-30)47(43,44)34-21-17-32(18-22-34)28(3)4/h5-22,27-28,35-36H,23-26H2,1-4H3/t35-,36-/m0/s1. The zero-order chi connectivity index (χ0) is 34.0. The van der Waals surface area contributed by atoms with Crippen molar-refractivity contribution in [1.29, 1.82) is 0 Å². The minimum Gasteiger partial charge on any atom is -0.229 e. The largest absolute Gasteiger partial charge is 0.243 e. The fourth-order valence-electron chi connectivity index (χ4n) is 5.97. The summed E-state index contributed by atoms with van der Waals surface area (Å²) in [5.74, 6) is -0.660. The van der Waals surface area contributed by atoms with Crippen molar-refractivity contribution in [3.63, 3.8) is 0 Å². The zero-order valence-electron chi connectivity index (χ0n) is 27.1. The van der Waals surface area contributed by atoms with Gasteiger partial charge in [-0.2, -0.15) is 8.61 Å². The molecule has 0 saturated carbocycles. The Kier molecular flexibility index (Phi) is 10.4. The highest BCUT2D eigenvalue weighted by atomic mass is 32.2. The van der Waals surface area contributed by atoms with E-state index in [0.717, 1.165) is 11.1 Å². The maximum absolute atomic E-state index is 14.5. The average Bonchev–Trinajstić information content (AvgIpc) is 3.37. The van der Waals surface area contributed by atoms with Crippen LogP contribution in [0.25, 0.3) is 0 Å². The monoisotopic (exact) mass is 694 g/mol. The van der Waals surface area contributed by atoms with Crippen LogP contribution in [0.4, 0.5) is 0 Å². The first-order valence-corrected chi connectivity index (χ1v) is 20.4. The first-order valence-electron chi connectivity index (χ1n) is 15.7. The predicted octanol–water partition coefficient (Wildman–Crippen LogP) is 6.18. The number of hydrogen-bond donors (Lipinski definition) is 0. The molecule has 4 aromatic carbocycles. The van der Waals surface area contributed by atoms with E-state index in [0.29, 0.717) is 11.1 Å². The van der Waals surface area contributed by atoms with Crippen LogP contribution in [0.15, 0.2) is 119 Å². The highest BCUT2D eigenvalue weighted by molar-refractivity contribution is 7.92. The minimum atomic E-state index is -4.29. The molecule has 250 valence electrons. The highest BCUT2D eigenvalue weighted by Crippen LogP contribution is 2.34. The van der Waals surface area contributed by atoms with Crippen molar-refractivity contribution in [1.82, 2.24) is 8.61 Å². The van der Waals surface area contributed by atoms with Crippen LogP contribution in [-0.2, 0) is 43.0 Å². The highest BCUT2D eigenvalue weighted by Gasteiger charge is 2.50. The summed E-state index contributed by atoms with van der Waals surface area (Å²) in [5.41, 5.74) is 3.23. The Morgan fingerprint density at radius 1 is 0.553 bits per heavy atom. The minimum absolute atomic E-state index is 0.0163. The molecule has 4 aromatic rings. The van der Waals surface area contributed by atoms with Gasteiger partial charge in [0, 0.05) is 13.1 Å². The SMILES string of the molecule is CC(C)c1ccc(S(=O)(=O)N(Cc2ccccc2)[C@H]2CS(=O)(=O)C[C@@H]2N(Cc2ccccc2)S(=O)(=O)c2ccc(C(C)C)cc2)cc1. The molecule has 0 amide bonds. The summed E-state index contributed by atoms with van der Waals surface area (Å²) in [5, 5.41) is 0. The first-order chi connectivity index (χ1) is 22.2. The molecule has 0 radical (unpaired) electrons. The van der Waals surface area contributed by atoms with Gasteiger partial charge in [0.05, 0.1) is 33.4 Å². The van der Waals surface area contributed by atoms with Crippen LogP contribution in [0, 0.1) is 0 Å². The summed E-state index contributed by atoms with van der Waals surface area (Å²) in [7, 11) is -12.4. The van der Waals surface area contributed by atoms with Crippen molar-refractivity contribution < 1.29 is 25.3 Å². The van der Waals surface area contributed by atoms with Gasteiger partial charge in [-0.1, -0.05) is 113 Å². The molecule has 1 aliphatic rings. The lowest BCUT2D eigenvalue weighted by molar-refractivity contribution is 0.219. The summed E-state index contributed by atoms with van der Waals surface area (Å²) < 4.78 is 87.5. The second-order valence-corrected chi connectivity index (χ2v) is 18.7. The second kappa shape index (κ2) is 14.0. The van der Waals surface area contributed by atoms with Gasteiger partial charge in [-0.25, -0.2) is 25.3 Å². The molecule has 1 aliphatic heterocycles. The molecule has 5 rings (SSSR count). The third kappa shape index (κ3) is 7.87. The normalized spacial score (nSPS) is 18.4. The van der Waals surface area contributed by atoms with Gasteiger partial charge >= 0.3 is 0 Å². The maximum Gasteiger partial charge on any atom is 0.243 e. The Labute approximate surface area is 280 Å². The Morgan fingerprint density at radius 3 is 1.17 bits per heavy atom. The van der Waals surface area contributed by atoms with Gasteiger partial charge in [0.2, 0.25) is 20.0 Å². The van der Waals surface area contributed by atoms with Gasteiger partial charge < -0.3 is 0 Å². The molecule has 1 fully saturated rings. The number of sulfone groups is 1. The van der Waals surface area contributed by atoms with Crippen LogP contribution in [0.3, 0.4) is 0 Å². The van der Waals surface area contributed by atoms with Gasteiger partial charge in [-0.05, 0) is 58.4 Å². The summed E-state index contributed by atoms with van der Waals surface area (Å²) in [4.78, 5) is 0.0326. The van der Waals surface area contributed by atoms with Crippen molar-refractivity contribution in [3.05, 3.63) is 131 Å². The fraction of sp³-hybridized carbons (Fsp3) is 0.333. The third-order valence-corrected chi connectivity index (χ3v) is 14.2. The molecule has 0 N–H and O–H groups in total. The molecule has 0 unspecified atom stereocenters. The van der Waals surface area contributed by atoms with E-state index in [1.807, 2.05) is 39.8 Å². The summed E-state index contributed by atoms with van der Waals surface area (Å²) >= 11 is 0. The lowest BCUT2D eigenvalue weighted by Crippen LogP contribution is -2.54. The molecular formula is C36H42N2O6S3. The smallest absolute Gasteiger partial charge is 0.229 e. The Bertz CT molecular complexity index is 1840. The lowest BCUT2D eigenvalue weighted by atomic mass is 10.0. The van der Waals surface area contributed by atoms with E-state index in [1.165, 1.54) is 32.9 Å². The van der Waals surface area contributed by atoms with Gasteiger partial charge in [0.25, 0.3) is 0 Å².